The SMILES string of the molecule is CCc1cc(C(F)(F)F)ccc1NC(=O)c1cc(-c2ccc(F)cc2F)ccc1O. The smallest absolute Gasteiger partial charge is 0.416 e. The van der Waals surface area contributed by atoms with Crippen molar-refractivity contribution in [1.29, 1.82) is 0 Å². The molecule has 0 aliphatic heterocycles. The van der Waals surface area contributed by atoms with Crippen molar-refractivity contribution in [2.24, 2.45) is 0 Å². The van der Waals surface area contributed by atoms with Gasteiger partial charge >= 0.3 is 6.18 Å². The van der Waals surface area contributed by atoms with Crippen molar-refractivity contribution in [2.75, 3.05) is 5.32 Å². The first-order valence-electron chi connectivity index (χ1n) is 8.90. The molecule has 3 aromatic carbocycles. The minimum Gasteiger partial charge on any atom is -0.507 e. The van der Waals surface area contributed by atoms with Gasteiger partial charge in [-0.25, -0.2) is 8.78 Å². The number of hydrogen-bond acceptors (Lipinski definition) is 2. The Balaban J connectivity index is 1.94. The van der Waals surface area contributed by atoms with Crippen LogP contribution in [-0.2, 0) is 12.6 Å². The molecule has 0 aliphatic rings. The summed E-state index contributed by atoms with van der Waals surface area (Å²) in [5.74, 6) is -2.79. The second-order valence-corrected chi connectivity index (χ2v) is 6.53. The number of carbonyl (C=O) groups is 1. The summed E-state index contributed by atoms with van der Waals surface area (Å²) in [7, 11) is 0. The number of amides is 1. The molecular weight excluding hydrogens is 405 g/mol. The monoisotopic (exact) mass is 421 g/mol. The van der Waals surface area contributed by atoms with Gasteiger partial charge in [-0.2, -0.15) is 13.2 Å². The molecule has 8 heteroatoms. The van der Waals surface area contributed by atoms with E-state index in [4.69, 9.17) is 0 Å². The number of hydrogen-bond donors (Lipinski definition) is 2. The molecule has 0 atom stereocenters. The summed E-state index contributed by atoms with van der Waals surface area (Å²) < 4.78 is 65.9. The van der Waals surface area contributed by atoms with Crippen molar-refractivity contribution in [3.63, 3.8) is 0 Å². The van der Waals surface area contributed by atoms with E-state index in [0.29, 0.717) is 6.07 Å². The number of alkyl halides is 3. The summed E-state index contributed by atoms with van der Waals surface area (Å²) in [4.78, 5) is 12.7. The predicted molar refractivity (Wildman–Crippen MR) is 102 cm³/mol. The zero-order valence-corrected chi connectivity index (χ0v) is 15.6. The number of rotatable bonds is 4. The van der Waals surface area contributed by atoms with E-state index in [9.17, 15) is 31.9 Å². The minimum absolute atomic E-state index is 0.0224. The molecule has 0 aliphatic carbocycles. The van der Waals surface area contributed by atoms with Crippen molar-refractivity contribution in [3.8, 4) is 16.9 Å². The summed E-state index contributed by atoms with van der Waals surface area (Å²) in [5.41, 5.74) is -0.383. The number of anilines is 1. The third-order valence-electron chi connectivity index (χ3n) is 4.54. The van der Waals surface area contributed by atoms with E-state index in [-0.39, 0.29) is 34.4 Å². The van der Waals surface area contributed by atoms with Crippen LogP contribution in [0.25, 0.3) is 11.1 Å². The third-order valence-corrected chi connectivity index (χ3v) is 4.54. The molecule has 156 valence electrons. The van der Waals surface area contributed by atoms with Gasteiger partial charge in [-0.05, 0) is 60.0 Å². The highest BCUT2D eigenvalue weighted by Crippen LogP contribution is 2.33. The molecule has 0 saturated carbocycles. The fourth-order valence-corrected chi connectivity index (χ4v) is 2.98. The lowest BCUT2D eigenvalue weighted by molar-refractivity contribution is -0.137. The van der Waals surface area contributed by atoms with Crippen molar-refractivity contribution >= 4 is 11.6 Å². The normalized spacial score (nSPS) is 11.4. The Morgan fingerprint density at radius 3 is 2.37 bits per heavy atom. The van der Waals surface area contributed by atoms with Crippen molar-refractivity contribution in [3.05, 3.63) is 82.9 Å². The number of phenolic OH excluding ortho intramolecular Hbond substituents is 1. The fourth-order valence-electron chi connectivity index (χ4n) is 2.98. The topological polar surface area (TPSA) is 49.3 Å². The van der Waals surface area contributed by atoms with Gasteiger partial charge in [-0.1, -0.05) is 13.0 Å². The summed E-state index contributed by atoms with van der Waals surface area (Å²) in [5, 5.41) is 12.5. The minimum atomic E-state index is -4.52. The first-order valence-corrected chi connectivity index (χ1v) is 8.90. The molecule has 1 amide bonds. The number of aromatic hydroxyl groups is 1. The molecule has 0 fully saturated rings. The fraction of sp³-hybridized carbons (Fsp3) is 0.136. The molecule has 2 N–H and O–H groups in total. The second-order valence-electron chi connectivity index (χ2n) is 6.53. The zero-order valence-electron chi connectivity index (χ0n) is 15.6. The molecule has 0 radical (unpaired) electrons. The maximum Gasteiger partial charge on any atom is 0.416 e. The van der Waals surface area contributed by atoms with Gasteiger partial charge in [0, 0.05) is 17.3 Å². The number of halogens is 5. The highest BCUT2D eigenvalue weighted by molar-refractivity contribution is 6.07. The average Bonchev–Trinajstić information content (AvgIpc) is 2.68. The quantitative estimate of drug-likeness (QED) is 0.495. The van der Waals surface area contributed by atoms with Gasteiger partial charge < -0.3 is 10.4 Å². The number of phenols is 1. The Bertz CT molecular complexity index is 1110. The summed E-state index contributed by atoms with van der Waals surface area (Å²) >= 11 is 0. The van der Waals surface area contributed by atoms with Crippen LogP contribution in [0.5, 0.6) is 5.75 Å². The Labute approximate surface area is 168 Å². The molecule has 0 spiro atoms. The molecule has 0 unspecified atom stereocenters. The van der Waals surface area contributed by atoms with Gasteiger partial charge in [-0.3, -0.25) is 4.79 Å². The molecule has 0 aromatic heterocycles. The van der Waals surface area contributed by atoms with E-state index >= 15 is 0 Å². The molecule has 3 rings (SSSR count). The zero-order chi connectivity index (χ0) is 22.1. The lowest BCUT2D eigenvalue weighted by Crippen LogP contribution is -2.14. The van der Waals surface area contributed by atoms with Gasteiger partial charge in [-0.15, -0.1) is 0 Å². The van der Waals surface area contributed by atoms with E-state index in [2.05, 4.69) is 5.32 Å². The number of carbonyl (C=O) groups excluding carboxylic acids is 1. The molecule has 0 bridgehead atoms. The van der Waals surface area contributed by atoms with Gasteiger partial charge in [0.1, 0.15) is 17.4 Å². The highest BCUT2D eigenvalue weighted by atomic mass is 19.4. The van der Waals surface area contributed by atoms with Gasteiger partial charge in [0.05, 0.1) is 11.1 Å². The number of benzene rings is 3. The van der Waals surface area contributed by atoms with E-state index in [1.807, 2.05) is 0 Å². The largest absolute Gasteiger partial charge is 0.507 e. The highest BCUT2D eigenvalue weighted by Gasteiger charge is 2.31. The number of aryl methyl sites for hydroxylation is 1. The summed E-state index contributed by atoms with van der Waals surface area (Å²) in [6, 6.07) is 9.64. The molecule has 3 nitrogen and oxygen atoms in total. The standard InChI is InChI=1S/C22H16F5NO2/c1-2-12-9-14(22(25,26)27)4-7-19(12)28-21(30)17-10-13(3-8-20(17)29)16-6-5-15(23)11-18(16)24/h3-11,29H,2H2,1H3,(H,28,30). The number of nitrogens with one attached hydrogen (secondary N) is 1. The predicted octanol–water partition coefficient (Wildman–Crippen LogP) is 6.17. The van der Waals surface area contributed by atoms with Gasteiger partial charge in [0.2, 0.25) is 0 Å². The lowest BCUT2D eigenvalue weighted by atomic mass is 10.0. The van der Waals surface area contributed by atoms with Crippen LogP contribution in [0.3, 0.4) is 0 Å². The van der Waals surface area contributed by atoms with Crippen LogP contribution < -0.4 is 5.32 Å². The summed E-state index contributed by atoms with van der Waals surface area (Å²) in [6.45, 7) is 1.64. The lowest BCUT2D eigenvalue weighted by Gasteiger charge is -2.14. The van der Waals surface area contributed by atoms with Crippen molar-refractivity contribution in [2.45, 2.75) is 19.5 Å². The van der Waals surface area contributed by atoms with Crippen LogP contribution in [0.4, 0.5) is 27.6 Å². The Hall–Kier alpha value is -3.42. The molecular formula is C22H16F5NO2. The maximum absolute atomic E-state index is 14.1. The molecule has 0 saturated heterocycles. The molecule has 30 heavy (non-hydrogen) atoms. The van der Waals surface area contributed by atoms with E-state index < -0.39 is 35.0 Å². The first-order chi connectivity index (χ1) is 14.1. The van der Waals surface area contributed by atoms with Crippen LogP contribution >= 0.6 is 0 Å². The van der Waals surface area contributed by atoms with Crippen molar-refractivity contribution < 1.29 is 31.9 Å². The average molecular weight is 421 g/mol. The van der Waals surface area contributed by atoms with Crippen LogP contribution in [0.1, 0.15) is 28.4 Å². The Kier molecular flexibility index (Phi) is 5.78. The Morgan fingerprint density at radius 1 is 1.00 bits per heavy atom. The van der Waals surface area contributed by atoms with Gasteiger partial charge in [0.15, 0.2) is 0 Å². The van der Waals surface area contributed by atoms with Crippen LogP contribution in [-0.4, -0.2) is 11.0 Å². The van der Waals surface area contributed by atoms with Crippen LogP contribution in [0.15, 0.2) is 54.6 Å². The van der Waals surface area contributed by atoms with Gasteiger partial charge in [0.25, 0.3) is 5.91 Å². The van der Waals surface area contributed by atoms with E-state index in [1.54, 1.807) is 6.92 Å². The van der Waals surface area contributed by atoms with Crippen molar-refractivity contribution in [1.82, 2.24) is 0 Å². The molecule has 3 aromatic rings. The second kappa shape index (κ2) is 8.14. The first kappa shape index (κ1) is 21.3. The van der Waals surface area contributed by atoms with E-state index in [1.165, 1.54) is 24.3 Å². The van der Waals surface area contributed by atoms with Crippen LogP contribution in [0.2, 0.25) is 0 Å². The molecule has 0 heterocycles. The Morgan fingerprint density at radius 2 is 1.73 bits per heavy atom. The van der Waals surface area contributed by atoms with Crippen LogP contribution in [0, 0.1) is 11.6 Å². The maximum atomic E-state index is 14.1. The summed E-state index contributed by atoms with van der Waals surface area (Å²) in [6.07, 6.45) is -4.29. The van der Waals surface area contributed by atoms with E-state index in [0.717, 1.165) is 24.3 Å². The third kappa shape index (κ3) is 4.42.